The molecule has 8 heteroatoms. The van der Waals surface area contributed by atoms with Crippen molar-refractivity contribution in [1.29, 1.82) is 0 Å². The fraction of sp³-hybridized carbons (Fsp3) is 0.333. The summed E-state index contributed by atoms with van der Waals surface area (Å²) in [6, 6.07) is 5.96. The van der Waals surface area contributed by atoms with Crippen LogP contribution in [0, 0.1) is 0 Å². The van der Waals surface area contributed by atoms with Crippen molar-refractivity contribution in [3.63, 3.8) is 0 Å². The number of rotatable bonds is 5. The van der Waals surface area contributed by atoms with E-state index < -0.39 is 30.8 Å². The number of alkyl halides is 3. The molecule has 0 saturated heterocycles. The largest absolute Gasteiger partial charge is 0.480 e. The summed E-state index contributed by atoms with van der Waals surface area (Å²) in [5.41, 5.74) is 0.649. The summed E-state index contributed by atoms with van der Waals surface area (Å²) in [5.74, 6) is -1.32. The zero-order valence-corrected chi connectivity index (χ0v) is 10.3. The van der Waals surface area contributed by atoms with Crippen LogP contribution < -0.4 is 10.6 Å². The summed E-state index contributed by atoms with van der Waals surface area (Å²) in [7, 11) is 0. The average molecular weight is 290 g/mol. The van der Waals surface area contributed by atoms with Crippen LogP contribution in [0.15, 0.2) is 30.3 Å². The first kappa shape index (κ1) is 15.8. The van der Waals surface area contributed by atoms with Gasteiger partial charge in [0.2, 0.25) is 0 Å². The van der Waals surface area contributed by atoms with Crippen LogP contribution in [0.3, 0.4) is 0 Å². The maximum absolute atomic E-state index is 11.9. The first-order chi connectivity index (χ1) is 9.28. The summed E-state index contributed by atoms with van der Waals surface area (Å²) in [6.45, 7) is -1.52. The first-order valence-electron chi connectivity index (χ1n) is 5.66. The lowest BCUT2D eigenvalue weighted by Crippen LogP contribution is -2.49. The molecule has 0 radical (unpaired) electrons. The Morgan fingerprint density at radius 1 is 1.20 bits per heavy atom. The molecule has 1 atom stereocenters. The van der Waals surface area contributed by atoms with Crippen molar-refractivity contribution in [2.45, 2.75) is 18.6 Å². The van der Waals surface area contributed by atoms with E-state index in [0.29, 0.717) is 5.56 Å². The van der Waals surface area contributed by atoms with Gasteiger partial charge in [-0.25, -0.2) is 9.59 Å². The molecule has 0 heterocycles. The van der Waals surface area contributed by atoms with Crippen LogP contribution in [-0.2, 0) is 11.2 Å². The van der Waals surface area contributed by atoms with E-state index in [4.69, 9.17) is 5.11 Å². The number of carbonyl (C=O) groups is 2. The lowest BCUT2D eigenvalue weighted by atomic mass is 10.1. The van der Waals surface area contributed by atoms with Gasteiger partial charge in [-0.15, -0.1) is 0 Å². The molecule has 1 rings (SSSR count). The van der Waals surface area contributed by atoms with Crippen molar-refractivity contribution in [2.24, 2.45) is 0 Å². The van der Waals surface area contributed by atoms with Crippen LogP contribution in [-0.4, -0.2) is 35.9 Å². The Hall–Kier alpha value is -2.25. The molecule has 0 aliphatic heterocycles. The molecule has 0 aliphatic carbocycles. The van der Waals surface area contributed by atoms with E-state index in [1.807, 2.05) is 5.32 Å². The lowest BCUT2D eigenvalue weighted by Gasteiger charge is -2.16. The van der Waals surface area contributed by atoms with Crippen molar-refractivity contribution in [1.82, 2.24) is 10.6 Å². The monoisotopic (exact) mass is 290 g/mol. The Labute approximate surface area is 112 Å². The molecule has 0 bridgehead atoms. The third-order valence-electron chi connectivity index (χ3n) is 2.34. The molecule has 0 aliphatic rings. The molecule has 3 N–H and O–H groups in total. The second kappa shape index (κ2) is 6.78. The number of amides is 2. The molecular formula is C12H13F3N2O3. The summed E-state index contributed by atoms with van der Waals surface area (Å²) < 4.78 is 35.7. The van der Waals surface area contributed by atoms with Crippen LogP contribution in [0.4, 0.5) is 18.0 Å². The topological polar surface area (TPSA) is 78.4 Å². The average Bonchev–Trinajstić information content (AvgIpc) is 2.36. The Bertz CT molecular complexity index is 463. The minimum absolute atomic E-state index is 0.0182. The molecule has 5 nitrogen and oxygen atoms in total. The fourth-order valence-corrected chi connectivity index (χ4v) is 1.44. The number of hydrogen-bond donors (Lipinski definition) is 3. The number of hydrogen-bond acceptors (Lipinski definition) is 2. The number of halogens is 3. The zero-order chi connectivity index (χ0) is 15.2. The van der Waals surface area contributed by atoms with Gasteiger partial charge in [0, 0.05) is 6.42 Å². The normalized spacial score (nSPS) is 12.6. The van der Waals surface area contributed by atoms with Crippen molar-refractivity contribution in [3.8, 4) is 0 Å². The van der Waals surface area contributed by atoms with E-state index >= 15 is 0 Å². The van der Waals surface area contributed by atoms with Gasteiger partial charge in [0.05, 0.1) is 0 Å². The van der Waals surface area contributed by atoms with Gasteiger partial charge in [-0.05, 0) is 5.56 Å². The van der Waals surface area contributed by atoms with Gasteiger partial charge in [-0.1, -0.05) is 30.3 Å². The maximum Gasteiger partial charge on any atom is 0.405 e. The first-order valence-corrected chi connectivity index (χ1v) is 5.66. The van der Waals surface area contributed by atoms with Gasteiger partial charge in [-0.3, -0.25) is 0 Å². The highest BCUT2D eigenvalue weighted by molar-refractivity contribution is 5.82. The van der Waals surface area contributed by atoms with Gasteiger partial charge in [0.1, 0.15) is 12.6 Å². The second-order valence-corrected chi connectivity index (χ2v) is 4.02. The Kier molecular flexibility index (Phi) is 5.36. The fourth-order valence-electron chi connectivity index (χ4n) is 1.44. The maximum atomic E-state index is 11.9. The molecule has 0 saturated carbocycles. The van der Waals surface area contributed by atoms with E-state index in [1.54, 1.807) is 35.6 Å². The van der Waals surface area contributed by atoms with Crippen molar-refractivity contribution < 1.29 is 27.9 Å². The minimum atomic E-state index is -4.55. The molecule has 2 amide bonds. The Morgan fingerprint density at radius 3 is 2.30 bits per heavy atom. The van der Waals surface area contributed by atoms with Crippen molar-refractivity contribution >= 4 is 12.0 Å². The smallest absolute Gasteiger partial charge is 0.405 e. The number of urea groups is 1. The quantitative estimate of drug-likeness (QED) is 0.769. The second-order valence-electron chi connectivity index (χ2n) is 4.02. The lowest BCUT2D eigenvalue weighted by molar-refractivity contribution is -0.139. The molecule has 110 valence electrons. The number of aliphatic carboxylic acids is 1. The molecule has 0 unspecified atom stereocenters. The van der Waals surface area contributed by atoms with Crippen LogP contribution in [0.5, 0.6) is 0 Å². The highest BCUT2D eigenvalue weighted by Gasteiger charge is 2.28. The van der Waals surface area contributed by atoms with E-state index in [-0.39, 0.29) is 6.42 Å². The number of carboxylic acid groups (broad SMARTS) is 1. The van der Waals surface area contributed by atoms with Crippen LogP contribution in [0.2, 0.25) is 0 Å². The molecule has 0 aromatic heterocycles. The van der Waals surface area contributed by atoms with Gasteiger partial charge in [-0.2, -0.15) is 13.2 Å². The van der Waals surface area contributed by atoms with Crippen LogP contribution >= 0.6 is 0 Å². The van der Waals surface area contributed by atoms with Gasteiger partial charge < -0.3 is 15.7 Å². The summed E-state index contributed by atoms with van der Waals surface area (Å²) in [4.78, 5) is 22.2. The third kappa shape index (κ3) is 6.07. The van der Waals surface area contributed by atoms with Crippen molar-refractivity contribution in [2.75, 3.05) is 6.54 Å². The summed E-state index contributed by atoms with van der Waals surface area (Å²) in [5, 5.41) is 12.5. The molecule has 0 fully saturated rings. The number of benzene rings is 1. The highest BCUT2D eigenvalue weighted by atomic mass is 19.4. The van der Waals surface area contributed by atoms with Crippen LogP contribution in [0.25, 0.3) is 0 Å². The van der Waals surface area contributed by atoms with Gasteiger partial charge >= 0.3 is 18.2 Å². The molecule has 20 heavy (non-hydrogen) atoms. The molecule has 1 aromatic rings. The van der Waals surface area contributed by atoms with E-state index in [9.17, 15) is 22.8 Å². The van der Waals surface area contributed by atoms with E-state index in [1.165, 1.54) is 0 Å². The number of carbonyl (C=O) groups excluding carboxylic acids is 1. The Morgan fingerprint density at radius 2 is 1.80 bits per heavy atom. The standard InChI is InChI=1S/C12H13F3N2O3/c13-12(14,15)7-16-11(20)17-9(10(18)19)6-8-4-2-1-3-5-8/h1-5,9H,6-7H2,(H,18,19)(H2,16,17,20)/t9-/m1/s1. The predicted octanol–water partition coefficient (Wildman–Crippen LogP) is 1.54. The molecule has 0 spiro atoms. The van der Waals surface area contributed by atoms with Crippen molar-refractivity contribution in [3.05, 3.63) is 35.9 Å². The molecule has 1 aromatic carbocycles. The van der Waals surface area contributed by atoms with Gasteiger partial charge in [0.25, 0.3) is 0 Å². The minimum Gasteiger partial charge on any atom is -0.480 e. The summed E-state index contributed by atoms with van der Waals surface area (Å²) in [6.07, 6.45) is -4.56. The number of nitrogens with one attached hydrogen (secondary N) is 2. The SMILES string of the molecule is O=C(NCC(F)(F)F)N[C@H](Cc1ccccc1)C(=O)O. The van der Waals surface area contributed by atoms with Crippen LogP contribution in [0.1, 0.15) is 5.56 Å². The highest BCUT2D eigenvalue weighted by Crippen LogP contribution is 2.12. The number of carboxylic acids is 1. The zero-order valence-electron chi connectivity index (χ0n) is 10.3. The summed E-state index contributed by atoms with van der Waals surface area (Å²) >= 11 is 0. The van der Waals surface area contributed by atoms with E-state index in [0.717, 1.165) is 0 Å². The Balaban J connectivity index is 2.55. The van der Waals surface area contributed by atoms with Gasteiger partial charge in [0.15, 0.2) is 0 Å². The van der Waals surface area contributed by atoms with E-state index in [2.05, 4.69) is 0 Å². The third-order valence-corrected chi connectivity index (χ3v) is 2.34. The predicted molar refractivity (Wildman–Crippen MR) is 64.2 cm³/mol. The molecular weight excluding hydrogens is 277 g/mol.